The third-order valence-electron chi connectivity index (χ3n) is 4.95. The van der Waals surface area contributed by atoms with E-state index in [9.17, 15) is 4.79 Å². The molecule has 1 fully saturated rings. The number of aromatic nitrogens is 4. The summed E-state index contributed by atoms with van der Waals surface area (Å²) in [7, 11) is 0. The van der Waals surface area contributed by atoms with Crippen molar-refractivity contribution in [3.63, 3.8) is 0 Å². The van der Waals surface area contributed by atoms with Crippen LogP contribution in [0.4, 0.5) is 0 Å². The van der Waals surface area contributed by atoms with Gasteiger partial charge in [0, 0.05) is 24.6 Å². The second-order valence-electron chi connectivity index (χ2n) is 6.85. The van der Waals surface area contributed by atoms with Crippen molar-refractivity contribution in [1.29, 1.82) is 0 Å². The van der Waals surface area contributed by atoms with Gasteiger partial charge in [0.15, 0.2) is 5.82 Å². The lowest BCUT2D eigenvalue weighted by Crippen LogP contribution is -2.31. The van der Waals surface area contributed by atoms with Gasteiger partial charge >= 0.3 is 0 Å². The molecule has 0 aromatic carbocycles. The van der Waals surface area contributed by atoms with E-state index in [2.05, 4.69) is 15.1 Å². The largest absolute Gasteiger partial charge is 0.361 e. The highest BCUT2D eigenvalue weighted by molar-refractivity contribution is 5.94. The molecule has 138 valence electrons. The number of hydrogen-bond acceptors (Lipinski definition) is 6. The molecule has 7 nitrogen and oxygen atoms in total. The number of amides is 1. The molecule has 0 N–H and O–H groups in total. The summed E-state index contributed by atoms with van der Waals surface area (Å²) in [6.45, 7) is 6.34. The Morgan fingerprint density at radius 3 is 2.74 bits per heavy atom. The first kappa shape index (κ1) is 17.3. The summed E-state index contributed by atoms with van der Waals surface area (Å²) < 4.78 is 5.24. The van der Waals surface area contributed by atoms with Crippen LogP contribution in [0.1, 0.15) is 52.1 Å². The Morgan fingerprint density at radius 2 is 2.04 bits per heavy atom. The summed E-state index contributed by atoms with van der Waals surface area (Å²) in [6, 6.07) is 5.50. The summed E-state index contributed by atoms with van der Waals surface area (Å²) in [5.41, 5.74) is 3.91. The van der Waals surface area contributed by atoms with Gasteiger partial charge in [0.25, 0.3) is 5.91 Å². The highest BCUT2D eigenvalue weighted by Crippen LogP contribution is 2.33. The van der Waals surface area contributed by atoms with E-state index in [1.54, 1.807) is 12.4 Å². The van der Waals surface area contributed by atoms with Crippen LogP contribution in [-0.4, -0.2) is 37.5 Å². The average molecular weight is 363 g/mol. The fourth-order valence-electron chi connectivity index (χ4n) is 3.56. The van der Waals surface area contributed by atoms with Crippen molar-refractivity contribution in [1.82, 2.24) is 25.0 Å². The lowest BCUT2D eigenvalue weighted by Gasteiger charge is -2.24. The smallest absolute Gasteiger partial charge is 0.255 e. The summed E-state index contributed by atoms with van der Waals surface area (Å²) in [5.74, 6) is 1.26. The Morgan fingerprint density at radius 1 is 1.19 bits per heavy atom. The number of hydrogen-bond donors (Lipinski definition) is 0. The van der Waals surface area contributed by atoms with Crippen molar-refractivity contribution in [2.45, 2.75) is 39.7 Å². The van der Waals surface area contributed by atoms with Crippen molar-refractivity contribution >= 4 is 5.91 Å². The molecule has 7 heteroatoms. The molecule has 1 saturated heterocycles. The number of likely N-dealkylation sites (tertiary alicyclic amines) is 1. The number of pyridine rings is 1. The Bertz CT molecular complexity index is 961. The first-order chi connectivity index (χ1) is 13.0. The topological polar surface area (TPSA) is 85.0 Å². The number of rotatable bonds is 3. The van der Waals surface area contributed by atoms with Gasteiger partial charge in [-0.2, -0.15) is 0 Å². The lowest BCUT2D eigenvalue weighted by atomic mass is 10.1. The summed E-state index contributed by atoms with van der Waals surface area (Å²) in [5, 5.41) is 3.98. The zero-order valence-electron chi connectivity index (χ0n) is 15.6. The molecule has 3 aromatic rings. The molecular weight excluding hydrogens is 342 g/mol. The molecular formula is C20H21N5O2. The van der Waals surface area contributed by atoms with Crippen LogP contribution in [-0.2, 0) is 0 Å². The normalized spacial score (nSPS) is 16.7. The molecule has 0 bridgehead atoms. The SMILES string of the molecule is Cc1ccc(C(=O)N2CCC[C@@H]2c2ccnc(-c3c(C)noc3C)n2)cn1. The van der Waals surface area contributed by atoms with Crippen LogP contribution < -0.4 is 0 Å². The zero-order chi connectivity index (χ0) is 19.0. The Balaban J connectivity index is 1.65. The number of carbonyl (C=O) groups excluding carboxylic acids is 1. The molecule has 0 aliphatic carbocycles. The molecule has 27 heavy (non-hydrogen) atoms. The fraction of sp³-hybridized carbons (Fsp3) is 0.350. The molecule has 4 rings (SSSR count). The minimum absolute atomic E-state index is 0.0116. The third-order valence-corrected chi connectivity index (χ3v) is 4.95. The number of aryl methyl sites for hydroxylation is 3. The van der Waals surface area contributed by atoms with Gasteiger partial charge in [-0.25, -0.2) is 9.97 Å². The van der Waals surface area contributed by atoms with Gasteiger partial charge in [-0.3, -0.25) is 9.78 Å². The van der Waals surface area contributed by atoms with Crippen LogP contribution in [0.15, 0.2) is 35.1 Å². The van der Waals surface area contributed by atoms with Crippen molar-refractivity contribution in [3.8, 4) is 11.4 Å². The maximum atomic E-state index is 13.0. The van der Waals surface area contributed by atoms with Crippen LogP contribution in [0.2, 0.25) is 0 Å². The summed E-state index contributed by atoms with van der Waals surface area (Å²) in [6.07, 6.45) is 5.20. The third kappa shape index (κ3) is 3.20. The zero-order valence-corrected chi connectivity index (χ0v) is 15.6. The van der Waals surface area contributed by atoms with E-state index in [-0.39, 0.29) is 11.9 Å². The highest BCUT2D eigenvalue weighted by Gasteiger charge is 2.32. The minimum atomic E-state index is -0.0685. The van der Waals surface area contributed by atoms with Crippen molar-refractivity contribution in [2.75, 3.05) is 6.54 Å². The number of carbonyl (C=O) groups is 1. The second-order valence-corrected chi connectivity index (χ2v) is 6.85. The Kier molecular flexibility index (Phi) is 4.43. The second kappa shape index (κ2) is 6.90. The Hall–Kier alpha value is -3.09. The maximum absolute atomic E-state index is 13.0. The standard InChI is InChI=1S/C20H21N5O2/c1-12-6-7-15(11-22-12)20(26)25-10-4-5-17(25)16-8-9-21-19(23-16)18-13(2)24-27-14(18)3/h6-9,11,17H,4-5,10H2,1-3H3/t17-/m1/s1. The van der Waals surface area contributed by atoms with Crippen LogP contribution in [0.5, 0.6) is 0 Å². The predicted octanol–water partition coefficient (Wildman–Crippen LogP) is 3.43. The molecule has 1 aliphatic heterocycles. The van der Waals surface area contributed by atoms with Gasteiger partial charge in [0.1, 0.15) is 5.76 Å². The minimum Gasteiger partial charge on any atom is -0.361 e. The van der Waals surface area contributed by atoms with Gasteiger partial charge in [-0.1, -0.05) is 5.16 Å². The highest BCUT2D eigenvalue weighted by atomic mass is 16.5. The van der Waals surface area contributed by atoms with Crippen LogP contribution in [0.3, 0.4) is 0 Å². The van der Waals surface area contributed by atoms with Crippen molar-refractivity contribution < 1.29 is 9.32 Å². The van der Waals surface area contributed by atoms with Crippen LogP contribution >= 0.6 is 0 Å². The fourth-order valence-corrected chi connectivity index (χ4v) is 3.56. The first-order valence-electron chi connectivity index (χ1n) is 9.04. The van der Waals surface area contributed by atoms with Crippen molar-refractivity contribution in [3.05, 3.63) is 59.0 Å². The van der Waals surface area contributed by atoms with Crippen molar-refractivity contribution in [2.24, 2.45) is 0 Å². The van der Waals surface area contributed by atoms with Crippen LogP contribution in [0, 0.1) is 20.8 Å². The van der Waals surface area contributed by atoms with Gasteiger partial charge in [-0.05, 0) is 51.8 Å². The van der Waals surface area contributed by atoms with Gasteiger partial charge in [-0.15, -0.1) is 0 Å². The maximum Gasteiger partial charge on any atom is 0.255 e. The molecule has 0 spiro atoms. The predicted molar refractivity (Wildman–Crippen MR) is 99.0 cm³/mol. The molecule has 1 atom stereocenters. The lowest BCUT2D eigenvalue weighted by molar-refractivity contribution is 0.0732. The van der Waals surface area contributed by atoms with E-state index < -0.39 is 0 Å². The summed E-state index contributed by atoms with van der Waals surface area (Å²) >= 11 is 0. The number of nitrogens with zero attached hydrogens (tertiary/aromatic N) is 5. The Labute approximate surface area is 157 Å². The quantitative estimate of drug-likeness (QED) is 0.709. The molecule has 0 saturated carbocycles. The monoisotopic (exact) mass is 363 g/mol. The van der Waals surface area contributed by atoms with E-state index in [0.717, 1.165) is 35.5 Å². The average Bonchev–Trinajstić information content (AvgIpc) is 3.29. The van der Waals surface area contributed by atoms with E-state index in [1.807, 2.05) is 43.9 Å². The van der Waals surface area contributed by atoms with Gasteiger partial charge in [0.2, 0.25) is 0 Å². The van der Waals surface area contributed by atoms with E-state index >= 15 is 0 Å². The van der Waals surface area contributed by atoms with Crippen LogP contribution in [0.25, 0.3) is 11.4 Å². The molecule has 1 amide bonds. The molecule has 0 radical (unpaired) electrons. The molecule has 0 unspecified atom stereocenters. The molecule has 4 heterocycles. The van der Waals surface area contributed by atoms with E-state index in [1.165, 1.54) is 0 Å². The van der Waals surface area contributed by atoms with Gasteiger partial charge in [0.05, 0.1) is 28.6 Å². The molecule has 1 aliphatic rings. The molecule has 3 aromatic heterocycles. The summed E-state index contributed by atoms with van der Waals surface area (Å²) in [4.78, 5) is 28.2. The van der Waals surface area contributed by atoms with E-state index in [4.69, 9.17) is 9.51 Å². The van der Waals surface area contributed by atoms with E-state index in [0.29, 0.717) is 23.7 Å². The first-order valence-corrected chi connectivity index (χ1v) is 9.04. The van der Waals surface area contributed by atoms with Gasteiger partial charge < -0.3 is 9.42 Å².